The summed E-state index contributed by atoms with van der Waals surface area (Å²) in [6, 6.07) is 13.9. The zero-order chi connectivity index (χ0) is 22.1. The van der Waals surface area contributed by atoms with Gasteiger partial charge < -0.3 is 9.47 Å². The number of esters is 2. The van der Waals surface area contributed by atoms with Crippen molar-refractivity contribution in [1.82, 2.24) is 0 Å². The Kier molecular flexibility index (Phi) is 9.31. The largest absolute Gasteiger partial charge is 0.460 e. The fourth-order valence-electron chi connectivity index (χ4n) is 2.90. The highest BCUT2D eigenvalue weighted by molar-refractivity contribution is 7.98. The molecule has 0 saturated heterocycles. The third kappa shape index (κ3) is 6.05. The lowest BCUT2D eigenvalue weighted by Gasteiger charge is -2.24. The first-order valence-corrected chi connectivity index (χ1v) is 12.5. The predicted octanol–water partition coefficient (Wildman–Crippen LogP) is 5.90. The van der Waals surface area contributed by atoms with E-state index in [0.717, 1.165) is 28.0 Å². The molecule has 0 aliphatic heterocycles. The highest BCUT2D eigenvalue weighted by Gasteiger charge is 2.42. The zero-order valence-corrected chi connectivity index (χ0v) is 20.0. The van der Waals surface area contributed by atoms with Gasteiger partial charge in [-0.05, 0) is 73.2 Å². The number of ether oxygens (including phenoxy) is 2. The van der Waals surface area contributed by atoms with Crippen LogP contribution in [0.1, 0.15) is 43.9 Å². The van der Waals surface area contributed by atoms with Crippen LogP contribution >= 0.6 is 23.5 Å². The lowest BCUT2D eigenvalue weighted by Crippen LogP contribution is -2.38. The van der Waals surface area contributed by atoms with Gasteiger partial charge in [-0.25, -0.2) is 0 Å². The van der Waals surface area contributed by atoms with Crippen molar-refractivity contribution in [3.05, 3.63) is 59.2 Å². The van der Waals surface area contributed by atoms with Crippen LogP contribution in [0.3, 0.4) is 0 Å². The second-order valence-electron chi connectivity index (χ2n) is 7.17. The molecule has 0 saturated carbocycles. The summed E-state index contributed by atoms with van der Waals surface area (Å²) >= 11 is 3.33. The van der Waals surface area contributed by atoms with Gasteiger partial charge in [-0.15, -0.1) is 23.5 Å². The molecule has 0 amide bonds. The van der Waals surface area contributed by atoms with Crippen molar-refractivity contribution in [2.75, 3.05) is 12.5 Å². The topological polar surface area (TPSA) is 52.6 Å². The van der Waals surface area contributed by atoms with Gasteiger partial charge in [-0.1, -0.05) is 32.0 Å². The summed E-state index contributed by atoms with van der Waals surface area (Å²) in [5.41, 5.74) is 1.66. The van der Waals surface area contributed by atoms with Crippen molar-refractivity contribution in [2.24, 2.45) is 5.41 Å². The lowest BCUT2D eigenvalue weighted by molar-refractivity contribution is -0.173. The third-order valence-corrected chi connectivity index (χ3v) is 6.76. The van der Waals surface area contributed by atoms with Crippen LogP contribution in [-0.4, -0.2) is 24.5 Å². The van der Waals surface area contributed by atoms with Gasteiger partial charge in [0.05, 0.1) is 0 Å². The van der Waals surface area contributed by atoms with Crippen molar-refractivity contribution < 1.29 is 19.1 Å². The first kappa shape index (κ1) is 24.4. The maximum absolute atomic E-state index is 12.8. The van der Waals surface area contributed by atoms with Crippen LogP contribution in [-0.2, 0) is 38.7 Å². The van der Waals surface area contributed by atoms with Gasteiger partial charge in [0.2, 0.25) is 0 Å². The number of aryl methyl sites for hydroxylation is 1. The van der Waals surface area contributed by atoms with Crippen LogP contribution < -0.4 is 0 Å². The molecule has 0 radical (unpaired) electrons. The van der Waals surface area contributed by atoms with E-state index in [4.69, 9.17) is 9.47 Å². The zero-order valence-electron chi connectivity index (χ0n) is 18.3. The van der Waals surface area contributed by atoms with E-state index < -0.39 is 17.4 Å². The predicted molar refractivity (Wildman–Crippen MR) is 124 cm³/mol. The van der Waals surface area contributed by atoms with Gasteiger partial charge in [-0.3, -0.25) is 9.59 Å². The van der Waals surface area contributed by atoms with Crippen LogP contribution in [0.15, 0.2) is 52.3 Å². The van der Waals surface area contributed by atoms with E-state index in [-0.39, 0.29) is 13.2 Å². The molecule has 0 heterocycles. The maximum atomic E-state index is 12.8. The average molecular weight is 447 g/mol. The van der Waals surface area contributed by atoms with Crippen molar-refractivity contribution >= 4 is 35.5 Å². The summed E-state index contributed by atoms with van der Waals surface area (Å²) in [6.07, 6.45) is 5.20. The minimum atomic E-state index is -1.33. The summed E-state index contributed by atoms with van der Waals surface area (Å²) in [5.74, 6) is -1.11. The van der Waals surface area contributed by atoms with Crippen LogP contribution in [0.25, 0.3) is 0 Å². The van der Waals surface area contributed by atoms with Gasteiger partial charge in [0, 0.05) is 9.79 Å². The first-order valence-electron chi connectivity index (χ1n) is 10.0. The summed E-state index contributed by atoms with van der Waals surface area (Å²) < 4.78 is 11.0. The lowest BCUT2D eigenvalue weighted by atomic mass is 9.88. The summed E-state index contributed by atoms with van der Waals surface area (Å²) in [4.78, 5) is 27.8. The van der Waals surface area contributed by atoms with Gasteiger partial charge in [-0.2, -0.15) is 0 Å². The Morgan fingerprint density at radius 2 is 1.40 bits per heavy atom. The molecule has 0 fully saturated rings. The fraction of sp³-hybridized carbons (Fsp3) is 0.417. The SMILES string of the molecule is CCc1cc(SC)ccc1COC(=O)C(C)(CC)C(=O)OCc1ccc(SC)cc1. The summed E-state index contributed by atoms with van der Waals surface area (Å²) in [5, 5.41) is 0. The molecule has 1 atom stereocenters. The molecule has 0 N–H and O–H groups in total. The molecule has 2 aromatic rings. The number of hydrogen-bond donors (Lipinski definition) is 0. The monoisotopic (exact) mass is 446 g/mol. The standard InChI is InChI=1S/C24H30O4S2/c1-6-18-14-21(30-5)13-10-19(18)16-28-23(26)24(3,7-2)22(25)27-15-17-8-11-20(29-4)12-9-17/h8-14H,6-7,15-16H2,1-5H3. The Labute approximate surface area is 188 Å². The Balaban J connectivity index is 2.01. The second-order valence-corrected chi connectivity index (χ2v) is 8.93. The van der Waals surface area contributed by atoms with Crippen molar-refractivity contribution in [3.8, 4) is 0 Å². The fourth-order valence-corrected chi connectivity index (χ4v) is 3.78. The molecule has 2 aromatic carbocycles. The van der Waals surface area contributed by atoms with Crippen LogP contribution in [0.4, 0.5) is 0 Å². The van der Waals surface area contributed by atoms with Gasteiger partial charge >= 0.3 is 11.9 Å². The van der Waals surface area contributed by atoms with Crippen molar-refractivity contribution in [1.29, 1.82) is 0 Å². The number of benzene rings is 2. The maximum Gasteiger partial charge on any atom is 0.323 e. The highest BCUT2D eigenvalue weighted by Crippen LogP contribution is 2.27. The molecule has 0 bridgehead atoms. The molecule has 1 unspecified atom stereocenters. The Hall–Kier alpha value is -1.92. The van der Waals surface area contributed by atoms with Gasteiger partial charge in [0.25, 0.3) is 0 Å². The van der Waals surface area contributed by atoms with Crippen LogP contribution in [0.5, 0.6) is 0 Å². The number of carbonyl (C=O) groups excluding carboxylic acids is 2. The molecular formula is C24H30O4S2. The molecule has 0 aromatic heterocycles. The molecule has 2 rings (SSSR count). The molecule has 4 nitrogen and oxygen atoms in total. The number of carbonyl (C=O) groups is 2. The molecule has 0 spiro atoms. The Bertz CT molecular complexity index is 864. The van der Waals surface area contributed by atoms with E-state index in [2.05, 4.69) is 13.0 Å². The van der Waals surface area contributed by atoms with E-state index in [0.29, 0.717) is 6.42 Å². The van der Waals surface area contributed by atoms with E-state index in [1.54, 1.807) is 37.4 Å². The minimum Gasteiger partial charge on any atom is -0.460 e. The number of rotatable bonds is 10. The molecular weight excluding hydrogens is 416 g/mol. The smallest absolute Gasteiger partial charge is 0.323 e. The van der Waals surface area contributed by atoms with E-state index >= 15 is 0 Å². The highest BCUT2D eigenvalue weighted by atomic mass is 32.2. The van der Waals surface area contributed by atoms with E-state index in [1.807, 2.05) is 48.9 Å². The Morgan fingerprint density at radius 1 is 0.833 bits per heavy atom. The number of hydrogen-bond acceptors (Lipinski definition) is 6. The quantitative estimate of drug-likeness (QED) is 0.257. The normalized spacial score (nSPS) is 12.8. The Morgan fingerprint density at radius 3 is 1.93 bits per heavy atom. The van der Waals surface area contributed by atoms with E-state index in [1.165, 1.54) is 4.90 Å². The van der Waals surface area contributed by atoms with Crippen LogP contribution in [0.2, 0.25) is 0 Å². The number of thioether (sulfide) groups is 2. The summed E-state index contributed by atoms with van der Waals surface area (Å²) in [7, 11) is 0. The average Bonchev–Trinajstić information content (AvgIpc) is 2.80. The van der Waals surface area contributed by atoms with Gasteiger partial charge in [0.15, 0.2) is 5.41 Å². The second kappa shape index (κ2) is 11.5. The molecule has 162 valence electrons. The summed E-state index contributed by atoms with van der Waals surface area (Å²) in [6.45, 7) is 5.73. The molecule has 0 aliphatic carbocycles. The van der Waals surface area contributed by atoms with E-state index in [9.17, 15) is 9.59 Å². The van der Waals surface area contributed by atoms with Crippen LogP contribution in [0, 0.1) is 5.41 Å². The first-order chi connectivity index (χ1) is 14.4. The van der Waals surface area contributed by atoms with Gasteiger partial charge in [0.1, 0.15) is 13.2 Å². The molecule has 0 aliphatic rings. The molecule has 30 heavy (non-hydrogen) atoms. The minimum absolute atomic E-state index is 0.131. The third-order valence-electron chi connectivity index (χ3n) is 5.29. The van der Waals surface area contributed by atoms with Crippen molar-refractivity contribution in [2.45, 2.75) is 56.6 Å². The molecule has 6 heteroatoms. The van der Waals surface area contributed by atoms with Crippen molar-refractivity contribution in [3.63, 3.8) is 0 Å².